The maximum absolute atomic E-state index is 13.1. The van der Waals surface area contributed by atoms with Gasteiger partial charge < -0.3 is 9.47 Å². The molecule has 3 aromatic rings. The lowest BCUT2D eigenvalue weighted by molar-refractivity contribution is 0.0576. The van der Waals surface area contributed by atoms with Crippen molar-refractivity contribution >= 4 is 11.9 Å². The summed E-state index contributed by atoms with van der Waals surface area (Å²) in [6.45, 7) is 6.47. The van der Waals surface area contributed by atoms with Crippen LogP contribution < -0.4 is 9.64 Å². The Hall–Kier alpha value is -3.48. The van der Waals surface area contributed by atoms with Crippen LogP contribution >= 0.6 is 0 Å². The molecule has 2 aromatic heterocycles. The highest BCUT2D eigenvalue weighted by atomic mass is 19.1. The first-order valence-electron chi connectivity index (χ1n) is 10.6. The minimum absolute atomic E-state index is 0.300. The first-order chi connectivity index (χ1) is 15.3. The molecule has 4 rings (SSSR count). The average Bonchev–Trinajstić information content (AvgIpc) is 2.77. The summed E-state index contributed by atoms with van der Waals surface area (Å²) < 4.78 is 24.3. The van der Waals surface area contributed by atoms with Gasteiger partial charge in [-0.05, 0) is 75.6 Å². The molecule has 0 N–H and O–H groups in total. The van der Waals surface area contributed by atoms with E-state index in [1.165, 1.54) is 12.1 Å². The molecular weight excluding hydrogens is 409 g/mol. The van der Waals surface area contributed by atoms with E-state index in [1.54, 1.807) is 35.6 Å². The number of carbonyl (C=O) groups excluding carboxylic acids is 1. The van der Waals surface area contributed by atoms with Crippen LogP contribution in [-0.2, 0) is 17.8 Å². The highest BCUT2D eigenvalue weighted by Gasteiger charge is 2.28. The van der Waals surface area contributed by atoms with Gasteiger partial charge in [-0.2, -0.15) is 0 Å². The Morgan fingerprint density at radius 2 is 1.84 bits per heavy atom. The van der Waals surface area contributed by atoms with Crippen molar-refractivity contribution in [1.82, 2.24) is 9.97 Å². The van der Waals surface area contributed by atoms with Crippen molar-refractivity contribution < 1.29 is 18.7 Å². The molecule has 0 aliphatic carbocycles. The lowest BCUT2D eigenvalue weighted by Gasteiger charge is -2.30. The SMILES string of the molecule is CC(C)(C)OC(=O)N1CCCc2cc(-c3cncc(COc4ccc(F)cc4)c3)cnc21. The number of nitrogens with zero attached hydrogens (tertiary/aromatic N) is 3. The summed E-state index contributed by atoms with van der Waals surface area (Å²) in [6, 6.07) is 9.97. The number of hydrogen-bond donors (Lipinski definition) is 0. The quantitative estimate of drug-likeness (QED) is 0.538. The average molecular weight is 435 g/mol. The van der Waals surface area contributed by atoms with Crippen LogP contribution in [-0.4, -0.2) is 28.2 Å². The number of benzene rings is 1. The van der Waals surface area contributed by atoms with E-state index < -0.39 is 5.60 Å². The van der Waals surface area contributed by atoms with Crippen LogP contribution in [0.1, 0.15) is 38.3 Å². The first kappa shape index (κ1) is 21.7. The predicted octanol–water partition coefficient (Wildman–Crippen LogP) is 5.55. The van der Waals surface area contributed by atoms with Gasteiger partial charge in [0.25, 0.3) is 0 Å². The second kappa shape index (κ2) is 8.94. The van der Waals surface area contributed by atoms with E-state index in [1.807, 2.05) is 26.8 Å². The summed E-state index contributed by atoms with van der Waals surface area (Å²) in [7, 11) is 0. The molecule has 7 heteroatoms. The molecule has 0 unspecified atom stereocenters. The highest BCUT2D eigenvalue weighted by molar-refractivity contribution is 5.88. The minimum Gasteiger partial charge on any atom is -0.489 e. The van der Waals surface area contributed by atoms with E-state index in [4.69, 9.17) is 9.47 Å². The largest absolute Gasteiger partial charge is 0.489 e. The van der Waals surface area contributed by atoms with Crippen LogP contribution in [0.5, 0.6) is 5.75 Å². The molecular formula is C25H26FN3O3. The fourth-order valence-corrected chi connectivity index (χ4v) is 3.54. The summed E-state index contributed by atoms with van der Waals surface area (Å²) in [4.78, 5) is 23.1. The molecule has 1 aliphatic heterocycles. The van der Waals surface area contributed by atoms with Crippen molar-refractivity contribution in [1.29, 1.82) is 0 Å². The number of rotatable bonds is 4. The molecule has 0 atom stereocenters. The summed E-state index contributed by atoms with van der Waals surface area (Å²) >= 11 is 0. The summed E-state index contributed by atoms with van der Waals surface area (Å²) in [5.41, 5.74) is 3.17. The van der Waals surface area contributed by atoms with E-state index in [2.05, 4.69) is 16.0 Å². The molecule has 0 fully saturated rings. The minimum atomic E-state index is -0.559. The molecule has 32 heavy (non-hydrogen) atoms. The molecule has 166 valence electrons. The zero-order valence-electron chi connectivity index (χ0n) is 18.5. The van der Waals surface area contributed by atoms with Crippen LogP contribution in [0, 0.1) is 5.82 Å². The smallest absolute Gasteiger partial charge is 0.416 e. The lowest BCUT2D eigenvalue weighted by Crippen LogP contribution is -2.40. The van der Waals surface area contributed by atoms with E-state index >= 15 is 0 Å². The van der Waals surface area contributed by atoms with Crippen molar-refractivity contribution in [2.75, 3.05) is 11.4 Å². The van der Waals surface area contributed by atoms with Gasteiger partial charge in [0.2, 0.25) is 0 Å². The number of fused-ring (bicyclic) bond motifs is 1. The molecule has 0 saturated heterocycles. The monoisotopic (exact) mass is 435 g/mol. The number of aryl methyl sites for hydroxylation is 1. The van der Waals surface area contributed by atoms with Crippen molar-refractivity contribution in [3.8, 4) is 16.9 Å². The fourth-order valence-electron chi connectivity index (χ4n) is 3.54. The second-order valence-electron chi connectivity index (χ2n) is 8.77. The van der Waals surface area contributed by atoms with Gasteiger partial charge in [0.1, 0.15) is 29.6 Å². The lowest BCUT2D eigenvalue weighted by atomic mass is 10.0. The number of halogens is 1. The van der Waals surface area contributed by atoms with Gasteiger partial charge >= 0.3 is 6.09 Å². The summed E-state index contributed by atoms with van der Waals surface area (Å²) in [5.74, 6) is 0.943. The molecule has 0 radical (unpaired) electrons. The Labute approximate surface area is 187 Å². The normalized spacial score (nSPS) is 13.4. The number of aromatic nitrogens is 2. The van der Waals surface area contributed by atoms with Gasteiger partial charge in [-0.1, -0.05) is 0 Å². The number of hydrogen-bond acceptors (Lipinski definition) is 5. The highest BCUT2D eigenvalue weighted by Crippen LogP contribution is 2.30. The number of carbonyl (C=O) groups is 1. The molecule has 0 saturated carbocycles. The summed E-state index contributed by atoms with van der Waals surface area (Å²) in [5, 5.41) is 0. The van der Waals surface area contributed by atoms with Crippen molar-refractivity contribution in [3.05, 3.63) is 71.9 Å². The van der Waals surface area contributed by atoms with E-state index in [0.29, 0.717) is 24.7 Å². The van der Waals surface area contributed by atoms with Gasteiger partial charge in [0.15, 0.2) is 0 Å². The van der Waals surface area contributed by atoms with Crippen molar-refractivity contribution in [3.63, 3.8) is 0 Å². The second-order valence-corrected chi connectivity index (χ2v) is 8.77. The third kappa shape index (κ3) is 5.22. The molecule has 6 nitrogen and oxygen atoms in total. The molecule has 1 aromatic carbocycles. The Morgan fingerprint density at radius 3 is 2.59 bits per heavy atom. The fraction of sp³-hybridized carbons (Fsp3) is 0.320. The number of ether oxygens (including phenoxy) is 2. The zero-order chi connectivity index (χ0) is 22.7. The van der Waals surface area contributed by atoms with Gasteiger partial charge in [0, 0.05) is 41.8 Å². The van der Waals surface area contributed by atoms with E-state index in [0.717, 1.165) is 35.1 Å². The maximum atomic E-state index is 13.1. The Bertz CT molecular complexity index is 1110. The number of amides is 1. The van der Waals surface area contributed by atoms with Crippen LogP contribution in [0.15, 0.2) is 55.0 Å². The zero-order valence-corrected chi connectivity index (χ0v) is 18.5. The van der Waals surface area contributed by atoms with Crippen LogP contribution in [0.3, 0.4) is 0 Å². The molecule has 0 spiro atoms. The van der Waals surface area contributed by atoms with Gasteiger partial charge in [-0.25, -0.2) is 14.2 Å². The van der Waals surface area contributed by atoms with Gasteiger partial charge in [-0.15, -0.1) is 0 Å². The van der Waals surface area contributed by atoms with E-state index in [9.17, 15) is 9.18 Å². The van der Waals surface area contributed by atoms with Crippen LogP contribution in [0.25, 0.3) is 11.1 Å². The van der Waals surface area contributed by atoms with Crippen LogP contribution in [0.4, 0.5) is 15.0 Å². The molecule has 3 heterocycles. The van der Waals surface area contributed by atoms with Gasteiger partial charge in [-0.3, -0.25) is 9.88 Å². The molecule has 1 aliphatic rings. The number of anilines is 1. The van der Waals surface area contributed by atoms with E-state index in [-0.39, 0.29) is 11.9 Å². The topological polar surface area (TPSA) is 64.5 Å². The number of pyridine rings is 2. The standard InChI is InChI=1S/C25H26FN3O3/c1-25(2,3)32-24(30)29-10-4-5-18-12-20(15-28-23(18)29)19-11-17(13-27-14-19)16-31-22-8-6-21(26)7-9-22/h6-9,11-15H,4-5,10,16H2,1-3H3. The first-order valence-corrected chi connectivity index (χ1v) is 10.6. The Morgan fingerprint density at radius 1 is 1.09 bits per heavy atom. The van der Waals surface area contributed by atoms with Crippen molar-refractivity contribution in [2.24, 2.45) is 0 Å². The molecule has 1 amide bonds. The third-order valence-electron chi connectivity index (χ3n) is 4.99. The third-order valence-corrected chi connectivity index (χ3v) is 4.99. The van der Waals surface area contributed by atoms with Gasteiger partial charge in [0.05, 0.1) is 0 Å². The molecule has 0 bridgehead atoms. The predicted molar refractivity (Wildman–Crippen MR) is 120 cm³/mol. The Kier molecular flexibility index (Phi) is 6.08. The maximum Gasteiger partial charge on any atom is 0.416 e. The Balaban J connectivity index is 1.51. The van der Waals surface area contributed by atoms with Crippen molar-refractivity contribution in [2.45, 2.75) is 45.8 Å². The summed E-state index contributed by atoms with van der Waals surface area (Å²) in [6.07, 6.45) is 6.59. The van der Waals surface area contributed by atoms with Crippen LogP contribution in [0.2, 0.25) is 0 Å².